The molecule has 0 aliphatic heterocycles. The number of carbonyl (C=O) groups is 2. The number of carboxylic acids is 2. The summed E-state index contributed by atoms with van der Waals surface area (Å²) >= 11 is 0. The van der Waals surface area contributed by atoms with Gasteiger partial charge in [-0.15, -0.1) is 0 Å². The summed E-state index contributed by atoms with van der Waals surface area (Å²) in [5.41, 5.74) is 0. The summed E-state index contributed by atoms with van der Waals surface area (Å²) in [7, 11) is 0. The third-order valence-corrected chi connectivity index (χ3v) is 2.93. The monoisotopic (exact) mass is 252 g/mol. The van der Waals surface area contributed by atoms with Crippen molar-refractivity contribution in [3.8, 4) is 0 Å². The zero-order valence-electron chi connectivity index (χ0n) is 10.9. The van der Waals surface area contributed by atoms with Gasteiger partial charge in [0.2, 0.25) is 0 Å². The van der Waals surface area contributed by atoms with Crippen LogP contribution in [0.3, 0.4) is 0 Å². The van der Waals surface area contributed by atoms with Crippen LogP contribution in [0.1, 0.15) is 46.5 Å². The summed E-state index contributed by atoms with van der Waals surface area (Å²) in [5.74, 6) is -4.96. The Labute approximate surface area is 119 Å². The molecule has 0 heterocycles. The van der Waals surface area contributed by atoms with E-state index in [4.69, 9.17) is 0 Å². The average molecular weight is 253 g/mol. The first kappa shape index (κ1) is 19.1. The molecule has 0 fully saturated rings. The van der Waals surface area contributed by atoms with Crippen molar-refractivity contribution in [2.24, 2.45) is 17.8 Å². The van der Waals surface area contributed by atoms with Crippen LogP contribution in [-0.4, -0.2) is 35.0 Å². The van der Waals surface area contributed by atoms with E-state index in [1.165, 1.54) is 0 Å². The zero-order chi connectivity index (χ0) is 12.7. The predicted molar refractivity (Wildman–Crippen MR) is 61.7 cm³/mol. The van der Waals surface area contributed by atoms with E-state index in [1.807, 2.05) is 20.8 Å². The van der Waals surface area contributed by atoms with Gasteiger partial charge in [0.15, 0.2) is 0 Å². The van der Waals surface area contributed by atoms with Crippen LogP contribution in [-0.2, 0) is 9.59 Å². The second-order valence-corrected chi connectivity index (χ2v) is 4.52. The molecule has 0 rings (SSSR count). The molecule has 1 unspecified atom stereocenters. The van der Waals surface area contributed by atoms with E-state index >= 15 is 0 Å². The quantitative estimate of drug-likeness (QED) is 0.334. The predicted octanol–water partition coefficient (Wildman–Crippen LogP) is -0.426. The molecule has 1 atom stereocenters. The number of rotatable bonds is 8. The van der Waals surface area contributed by atoms with Gasteiger partial charge < -0.3 is 19.8 Å². The molecule has 0 saturated heterocycles. The Bertz CT molecular complexity index is 227. The fraction of sp³-hybridized carbons (Fsp3) is 0.833. The normalized spacial score (nSPS) is 12.3. The Hall–Kier alpha value is -0.294. The van der Waals surface area contributed by atoms with Crippen molar-refractivity contribution in [1.82, 2.24) is 0 Å². The molecular weight excluding hydrogens is 232 g/mol. The first-order chi connectivity index (χ1) is 7.41. The number of unbranched alkanes of at least 4 members (excludes halogenated alkanes) is 2. The minimum absolute atomic E-state index is 0. The van der Waals surface area contributed by atoms with Crippen LogP contribution in [0.5, 0.6) is 0 Å². The smallest absolute Gasteiger partial charge is 0.549 e. The van der Waals surface area contributed by atoms with Gasteiger partial charge in [-0.3, -0.25) is 0 Å². The minimum atomic E-state index is -1.53. The molecule has 17 heavy (non-hydrogen) atoms. The van der Waals surface area contributed by atoms with E-state index in [0.29, 0.717) is 6.42 Å². The van der Waals surface area contributed by atoms with E-state index in [9.17, 15) is 19.8 Å². The Morgan fingerprint density at radius 3 is 1.82 bits per heavy atom. The molecule has 0 spiro atoms. The SMILES string of the molecule is CCCCCC(C(C)C)C(C(=O)[O-])C(=O)[O-].[Mg+2]. The fourth-order valence-corrected chi connectivity index (χ4v) is 1.96. The molecule has 0 aliphatic carbocycles. The summed E-state index contributed by atoms with van der Waals surface area (Å²) in [5, 5.41) is 21.6. The molecule has 4 nitrogen and oxygen atoms in total. The van der Waals surface area contributed by atoms with E-state index < -0.39 is 23.8 Å². The Kier molecular flexibility index (Phi) is 10.9. The van der Waals surface area contributed by atoms with Crippen molar-refractivity contribution in [1.29, 1.82) is 0 Å². The molecule has 0 N–H and O–H groups in total. The van der Waals surface area contributed by atoms with E-state index in [-0.39, 0.29) is 29.0 Å². The van der Waals surface area contributed by atoms with Gasteiger partial charge in [-0.1, -0.05) is 40.0 Å². The first-order valence-electron chi connectivity index (χ1n) is 5.83. The molecule has 94 valence electrons. The first-order valence-corrected chi connectivity index (χ1v) is 5.83. The van der Waals surface area contributed by atoms with Gasteiger partial charge in [-0.05, 0) is 18.3 Å². The number of carboxylic acid groups (broad SMARTS) is 2. The van der Waals surface area contributed by atoms with Crippen LogP contribution in [0.2, 0.25) is 0 Å². The van der Waals surface area contributed by atoms with Gasteiger partial charge >= 0.3 is 23.1 Å². The number of aliphatic carboxylic acids is 2. The molecule has 0 radical (unpaired) electrons. The third kappa shape index (κ3) is 6.88. The van der Waals surface area contributed by atoms with Gasteiger partial charge in [-0.25, -0.2) is 0 Å². The van der Waals surface area contributed by atoms with Crippen molar-refractivity contribution in [3.05, 3.63) is 0 Å². The topological polar surface area (TPSA) is 80.3 Å². The van der Waals surface area contributed by atoms with Crippen LogP contribution >= 0.6 is 0 Å². The van der Waals surface area contributed by atoms with E-state index in [2.05, 4.69) is 0 Å². The average Bonchev–Trinajstić information content (AvgIpc) is 2.14. The molecule has 0 amide bonds. The number of carbonyl (C=O) groups excluding carboxylic acids is 2. The maximum absolute atomic E-state index is 10.8. The molecule has 5 heteroatoms. The Morgan fingerprint density at radius 1 is 1.06 bits per heavy atom. The van der Waals surface area contributed by atoms with Gasteiger partial charge in [0.25, 0.3) is 0 Å². The van der Waals surface area contributed by atoms with Crippen molar-refractivity contribution < 1.29 is 19.8 Å². The zero-order valence-corrected chi connectivity index (χ0v) is 12.3. The second-order valence-electron chi connectivity index (χ2n) is 4.52. The molecular formula is C12H20MgO4. The van der Waals surface area contributed by atoms with Crippen LogP contribution in [0.15, 0.2) is 0 Å². The van der Waals surface area contributed by atoms with Crippen LogP contribution in [0, 0.1) is 17.8 Å². The minimum Gasteiger partial charge on any atom is -0.549 e. The molecule has 0 aromatic carbocycles. The summed E-state index contributed by atoms with van der Waals surface area (Å²) < 4.78 is 0. The van der Waals surface area contributed by atoms with E-state index in [1.54, 1.807) is 0 Å². The van der Waals surface area contributed by atoms with Crippen LogP contribution in [0.4, 0.5) is 0 Å². The maximum Gasteiger partial charge on any atom is 2.00 e. The summed E-state index contributed by atoms with van der Waals surface area (Å²) in [6, 6.07) is 0. The number of hydrogen-bond donors (Lipinski definition) is 0. The Morgan fingerprint density at radius 2 is 1.53 bits per heavy atom. The van der Waals surface area contributed by atoms with Crippen LogP contribution < -0.4 is 10.2 Å². The maximum atomic E-state index is 10.8. The summed E-state index contributed by atoms with van der Waals surface area (Å²) in [4.78, 5) is 21.6. The van der Waals surface area contributed by atoms with E-state index in [0.717, 1.165) is 19.3 Å². The largest absolute Gasteiger partial charge is 2.00 e. The summed E-state index contributed by atoms with van der Waals surface area (Å²) in [6.45, 7) is 5.70. The molecule has 0 aliphatic rings. The van der Waals surface area contributed by atoms with Crippen molar-refractivity contribution in [2.45, 2.75) is 46.5 Å². The van der Waals surface area contributed by atoms with Gasteiger partial charge in [0.1, 0.15) is 0 Å². The van der Waals surface area contributed by atoms with Crippen LogP contribution in [0.25, 0.3) is 0 Å². The summed E-state index contributed by atoms with van der Waals surface area (Å²) in [6.07, 6.45) is 3.44. The standard InChI is InChI=1S/C12H22O4.Mg/c1-4-5-6-7-9(8(2)3)10(11(13)14)12(15)16;/h8-10H,4-7H2,1-3H3,(H,13,14)(H,15,16);/q;+2/p-2. The fourth-order valence-electron chi connectivity index (χ4n) is 1.96. The molecule has 0 bridgehead atoms. The van der Waals surface area contributed by atoms with Gasteiger partial charge in [0.05, 0.1) is 11.9 Å². The van der Waals surface area contributed by atoms with Crippen molar-refractivity contribution in [3.63, 3.8) is 0 Å². The molecule has 0 aromatic heterocycles. The molecule has 0 aromatic rings. The van der Waals surface area contributed by atoms with Crippen molar-refractivity contribution in [2.75, 3.05) is 0 Å². The molecule has 0 saturated carbocycles. The third-order valence-electron chi connectivity index (χ3n) is 2.93. The van der Waals surface area contributed by atoms with Gasteiger partial charge in [-0.2, -0.15) is 0 Å². The Balaban J connectivity index is 0. The van der Waals surface area contributed by atoms with Gasteiger partial charge in [0, 0.05) is 5.92 Å². The van der Waals surface area contributed by atoms with Crippen molar-refractivity contribution >= 4 is 35.0 Å². The number of hydrogen-bond acceptors (Lipinski definition) is 4. The second kappa shape index (κ2) is 9.71.